The van der Waals surface area contributed by atoms with Crippen LogP contribution in [0, 0.1) is 0 Å². The van der Waals surface area contributed by atoms with Crippen molar-refractivity contribution < 1.29 is 24.5 Å². The molecule has 0 radical (unpaired) electrons. The summed E-state index contributed by atoms with van der Waals surface area (Å²) in [5.74, 6) is -1.02. The lowest BCUT2D eigenvalue weighted by atomic mass is 10.0. The number of aliphatic hydroxyl groups is 1. The molecule has 0 saturated carbocycles. The quantitative estimate of drug-likeness (QED) is 0.154. The highest BCUT2D eigenvalue weighted by Gasteiger charge is 2.23. The van der Waals surface area contributed by atoms with Crippen LogP contribution in [0.1, 0.15) is 117 Å². The molecule has 0 aromatic carbocycles. The van der Waals surface area contributed by atoms with Crippen LogP contribution in [0.4, 0.5) is 0 Å². The molecule has 1 aliphatic heterocycles. The molecule has 1 saturated heterocycles. The molecular weight excluding hydrogens is 368 g/mol. The maximum Gasteiger partial charge on any atom is 0.334 e. The average molecular weight is 413 g/mol. The molecule has 0 aromatic heterocycles. The standard InChI is InChI=1S/C24H44O5/c1-3-5-7-8-9-10-11-12-16-21(24(26)27)22(25)19-20(15-6-4-2)29-23-17-13-14-18-28-23/h20,23,25H,3-19H2,1-2H3,(H,26,27)/b22-21-/t20-,23?/m1/s1. The number of aliphatic carboxylic acids is 1. The summed E-state index contributed by atoms with van der Waals surface area (Å²) in [7, 11) is 0. The molecule has 1 unspecified atom stereocenters. The van der Waals surface area contributed by atoms with Crippen LogP contribution in [0.3, 0.4) is 0 Å². The lowest BCUT2D eigenvalue weighted by Crippen LogP contribution is -2.28. The van der Waals surface area contributed by atoms with Crippen LogP contribution in [-0.4, -0.2) is 35.2 Å². The highest BCUT2D eigenvalue weighted by atomic mass is 16.7. The van der Waals surface area contributed by atoms with Crippen molar-refractivity contribution in [2.24, 2.45) is 0 Å². The van der Waals surface area contributed by atoms with Crippen LogP contribution in [-0.2, 0) is 14.3 Å². The van der Waals surface area contributed by atoms with Crippen molar-refractivity contribution >= 4 is 5.97 Å². The fourth-order valence-electron chi connectivity index (χ4n) is 3.83. The topological polar surface area (TPSA) is 76.0 Å². The Labute approximate surface area is 177 Å². The minimum Gasteiger partial charge on any atom is -0.512 e. The van der Waals surface area contributed by atoms with Gasteiger partial charge in [-0.3, -0.25) is 0 Å². The van der Waals surface area contributed by atoms with Gasteiger partial charge in [-0.15, -0.1) is 0 Å². The van der Waals surface area contributed by atoms with E-state index >= 15 is 0 Å². The number of carbonyl (C=O) groups is 1. The van der Waals surface area contributed by atoms with E-state index in [9.17, 15) is 15.0 Å². The summed E-state index contributed by atoms with van der Waals surface area (Å²) in [6.07, 6.45) is 15.4. The first-order chi connectivity index (χ1) is 14.1. The average Bonchev–Trinajstić information content (AvgIpc) is 2.71. The first kappa shape index (κ1) is 26.0. The predicted octanol–water partition coefficient (Wildman–Crippen LogP) is 6.91. The molecule has 5 heteroatoms. The van der Waals surface area contributed by atoms with Crippen LogP contribution < -0.4 is 0 Å². The van der Waals surface area contributed by atoms with E-state index in [1.807, 2.05) is 0 Å². The van der Waals surface area contributed by atoms with Crippen molar-refractivity contribution in [3.05, 3.63) is 11.3 Å². The predicted molar refractivity (Wildman–Crippen MR) is 117 cm³/mol. The second-order valence-corrected chi connectivity index (χ2v) is 8.36. The zero-order chi connectivity index (χ0) is 21.3. The van der Waals surface area contributed by atoms with Crippen LogP contribution in [0.2, 0.25) is 0 Å². The molecule has 29 heavy (non-hydrogen) atoms. The molecule has 0 spiro atoms. The first-order valence-electron chi connectivity index (χ1n) is 12.0. The van der Waals surface area contributed by atoms with Gasteiger partial charge in [0.05, 0.1) is 11.7 Å². The van der Waals surface area contributed by atoms with Gasteiger partial charge in [0.25, 0.3) is 0 Å². The number of rotatable bonds is 17. The summed E-state index contributed by atoms with van der Waals surface area (Å²) in [5, 5.41) is 20.1. The maximum atomic E-state index is 11.7. The van der Waals surface area contributed by atoms with Gasteiger partial charge in [0.2, 0.25) is 0 Å². The monoisotopic (exact) mass is 412 g/mol. The van der Waals surface area contributed by atoms with Gasteiger partial charge >= 0.3 is 5.97 Å². The Bertz CT molecular complexity index is 454. The molecule has 5 nitrogen and oxygen atoms in total. The number of aliphatic hydroxyl groups excluding tert-OH is 1. The van der Waals surface area contributed by atoms with E-state index in [1.54, 1.807) is 0 Å². The van der Waals surface area contributed by atoms with Gasteiger partial charge in [-0.05, 0) is 38.5 Å². The van der Waals surface area contributed by atoms with E-state index in [-0.39, 0.29) is 30.1 Å². The molecule has 0 aliphatic carbocycles. The molecule has 1 heterocycles. The van der Waals surface area contributed by atoms with E-state index < -0.39 is 5.97 Å². The summed E-state index contributed by atoms with van der Waals surface area (Å²) in [6, 6.07) is 0. The smallest absolute Gasteiger partial charge is 0.334 e. The number of carboxylic acids is 1. The van der Waals surface area contributed by atoms with Gasteiger partial charge in [0.15, 0.2) is 6.29 Å². The second-order valence-electron chi connectivity index (χ2n) is 8.36. The summed E-state index contributed by atoms with van der Waals surface area (Å²) in [6.45, 7) is 5.05. The number of carboxylic acid groups (broad SMARTS) is 1. The Morgan fingerprint density at radius 1 is 0.966 bits per heavy atom. The van der Waals surface area contributed by atoms with Crippen molar-refractivity contribution in [3.8, 4) is 0 Å². The van der Waals surface area contributed by atoms with Gasteiger partial charge in [-0.1, -0.05) is 71.6 Å². The highest BCUT2D eigenvalue weighted by Crippen LogP contribution is 2.24. The van der Waals surface area contributed by atoms with Gasteiger partial charge in [-0.2, -0.15) is 0 Å². The summed E-state index contributed by atoms with van der Waals surface area (Å²) in [4.78, 5) is 11.7. The fraction of sp³-hybridized carbons (Fsp3) is 0.875. The second kappa shape index (κ2) is 16.7. The summed E-state index contributed by atoms with van der Waals surface area (Å²) < 4.78 is 11.7. The van der Waals surface area contributed by atoms with E-state index in [4.69, 9.17) is 9.47 Å². The zero-order valence-corrected chi connectivity index (χ0v) is 18.8. The Balaban J connectivity index is 2.49. The molecule has 2 atom stereocenters. The van der Waals surface area contributed by atoms with Crippen molar-refractivity contribution in [2.45, 2.75) is 129 Å². The molecule has 1 fully saturated rings. The molecule has 170 valence electrons. The minimum absolute atomic E-state index is 0.0163. The highest BCUT2D eigenvalue weighted by molar-refractivity contribution is 5.87. The third-order valence-corrected chi connectivity index (χ3v) is 5.67. The Kier molecular flexibility index (Phi) is 15.0. The Morgan fingerprint density at radius 3 is 2.21 bits per heavy atom. The van der Waals surface area contributed by atoms with Gasteiger partial charge in [0.1, 0.15) is 5.76 Å². The van der Waals surface area contributed by atoms with Gasteiger partial charge in [0, 0.05) is 13.0 Å². The van der Waals surface area contributed by atoms with E-state index in [2.05, 4.69) is 13.8 Å². The maximum absolute atomic E-state index is 11.7. The largest absolute Gasteiger partial charge is 0.512 e. The van der Waals surface area contributed by atoms with Crippen molar-refractivity contribution in [3.63, 3.8) is 0 Å². The van der Waals surface area contributed by atoms with Crippen molar-refractivity contribution in [2.75, 3.05) is 6.61 Å². The van der Waals surface area contributed by atoms with Crippen molar-refractivity contribution in [1.29, 1.82) is 0 Å². The normalized spacial score (nSPS) is 19.0. The van der Waals surface area contributed by atoms with E-state index in [1.165, 1.54) is 32.1 Å². The summed E-state index contributed by atoms with van der Waals surface area (Å²) in [5.41, 5.74) is 0.158. The Hall–Kier alpha value is -1.07. The van der Waals surface area contributed by atoms with Crippen LogP contribution in [0.25, 0.3) is 0 Å². The number of hydrogen-bond acceptors (Lipinski definition) is 4. The zero-order valence-electron chi connectivity index (χ0n) is 18.8. The molecule has 1 aliphatic rings. The molecule has 0 bridgehead atoms. The SMILES string of the molecule is CCCCCCCCCC/C(C(=O)O)=C(/O)C[C@@H](CCCC)OC1CCCCO1. The molecule has 0 aromatic rings. The van der Waals surface area contributed by atoms with Gasteiger partial charge < -0.3 is 19.7 Å². The number of unbranched alkanes of at least 4 members (excludes halogenated alkanes) is 8. The number of ether oxygens (including phenoxy) is 2. The molecule has 2 N–H and O–H groups in total. The third kappa shape index (κ3) is 12.3. The molecule has 1 rings (SSSR count). The van der Waals surface area contributed by atoms with Crippen LogP contribution in [0.15, 0.2) is 11.3 Å². The third-order valence-electron chi connectivity index (χ3n) is 5.67. The fourth-order valence-corrected chi connectivity index (χ4v) is 3.83. The lowest BCUT2D eigenvalue weighted by Gasteiger charge is -2.28. The summed E-state index contributed by atoms with van der Waals surface area (Å²) >= 11 is 0. The molecule has 0 amide bonds. The first-order valence-corrected chi connectivity index (χ1v) is 12.0. The van der Waals surface area contributed by atoms with Gasteiger partial charge in [-0.25, -0.2) is 4.79 Å². The Morgan fingerprint density at radius 2 is 1.62 bits per heavy atom. The minimum atomic E-state index is -1.01. The van der Waals surface area contributed by atoms with Crippen LogP contribution in [0.5, 0.6) is 0 Å². The lowest BCUT2D eigenvalue weighted by molar-refractivity contribution is -0.190. The number of hydrogen-bond donors (Lipinski definition) is 2. The van der Waals surface area contributed by atoms with E-state index in [0.717, 1.165) is 57.8 Å². The van der Waals surface area contributed by atoms with E-state index in [0.29, 0.717) is 13.0 Å². The van der Waals surface area contributed by atoms with Crippen molar-refractivity contribution in [1.82, 2.24) is 0 Å². The van der Waals surface area contributed by atoms with Crippen LogP contribution >= 0.6 is 0 Å². The molecular formula is C24H44O5.